The topological polar surface area (TPSA) is 76.6 Å². The van der Waals surface area contributed by atoms with Crippen molar-refractivity contribution < 1.29 is 14.3 Å². The van der Waals surface area contributed by atoms with Crippen LogP contribution in [-0.4, -0.2) is 54.2 Å². The van der Waals surface area contributed by atoms with Crippen LogP contribution < -0.4 is 14.8 Å². The number of nitrogens with one attached hydrogen (secondary N) is 1. The van der Waals surface area contributed by atoms with Gasteiger partial charge in [0.15, 0.2) is 11.6 Å². The third-order valence-corrected chi connectivity index (χ3v) is 7.05. The third-order valence-electron chi connectivity index (χ3n) is 7.05. The number of carbonyl (C=O) groups is 1. The molecule has 1 aliphatic rings. The third kappa shape index (κ3) is 5.57. The van der Waals surface area contributed by atoms with Crippen molar-refractivity contribution in [2.24, 2.45) is 0 Å². The molecule has 1 saturated heterocycles. The van der Waals surface area contributed by atoms with Crippen molar-refractivity contribution in [2.45, 2.75) is 32.4 Å². The van der Waals surface area contributed by atoms with Crippen molar-refractivity contribution in [2.75, 3.05) is 32.6 Å². The van der Waals surface area contributed by atoms with Gasteiger partial charge in [0.1, 0.15) is 17.2 Å². The smallest absolute Gasteiger partial charge is 0.159 e. The molecule has 1 fully saturated rings. The van der Waals surface area contributed by atoms with Gasteiger partial charge in [0.2, 0.25) is 0 Å². The Morgan fingerprint density at radius 2 is 1.57 bits per heavy atom. The number of anilines is 1. The van der Waals surface area contributed by atoms with E-state index >= 15 is 0 Å². The van der Waals surface area contributed by atoms with E-state index in [0.717, 1.165) is 77.4 Å². The molecule has 0 saturated carbocycles. The SMILES string of the molecule is COc1ccc(-c2nnc(NC3CCN(Cc4ccc(C(C)=O)cc4)CC3)c3cc(OC)ccc23)cc1. The minimum Gasteiger partial charge on any atom is -0.497 e. The highest BCUT2D eigenvalue weighted by Crippen LogP contribution is 2.34. The number of hydrogen-bond donors (Lipinski definition) is 1. The zero-order valence-electron chi connectivity index (χ0n) is 21.5. The first-order chi connectivity index (χ1) is 18.0. The first-order valence-corrected chi connectivity index (χ1v) is 12.6. The number of hydrogen-bond acceptors (Lipinski definition) is 7. The van der Waals surface area contributed by atoms with Gasteiger partial charge in [0, 0.05) is 47.6 Å². The fourth-order valence-corrected chi connectivity index (χ4v) is 4.86. The van der Waals surface area contributed by atoms with Gasteiger partial charge in [-0.2, -0.15) is 0 Å². The Balaban J connectivity index is 1.30. The summed E-state index contributed by atoms with van der Waals surface area (Å²) in [5.41, 5.74) is 3.81. The fraction of sp³-hybridized carbons (Fsp3) is 0.300. The number of ketones is 1. The maximum atomic E-state index is 11.5. The van der Waals surface area contributed by atoms with Crippen LogP contribution >= 0.6 is 0 Å². The van der Waals surface area contributed by atoms with Gasteiger partial charge in [-0.1, -0.05) is 24.3 Å². The molecule has 2 heterocycles. The number of ether oxygens (including phenoxy) is 2. The molecule has 0 atom stereocenters. The number of benzene rings is 3. The van der Waals surface area contributed by atoms with E-state index < -0.39 is 0 Å². The van der Waals surface area contributed by atoms with Gasteiger partial charge in [-0.15, -0.1) is 10.2 Å². The van der Waals surface area contributed by atoms with Crippen molar-refractivity contribution in [3.05, 3.63) is 77.9 Å². The number of nitrogens with zero attached hydrogens (tertiary/aromatic N) is 3. The van der Waals surface area contributed by atoms with Crippen LogP contribution in [0.3, 0.4) is 0 Å². The maximum Gasteiger partial charge on any atom is 0.159 e. The molecule has 0 bridgehead atoms. The van der Waals surface area contributed by atoms with E-state index in [0.29, 0.717) is 6.04 Å². The molecule has 7 heteroatoms. The second-order valence-corrected chi connectivity index (χ2v) is 9.49. The highest BCUT2D eigenvalue weighted by Gasteiger charge is 2.21. The fourth-order valence-electron chi connectivity index (χ4n) is 4.86. The van der Waals surface area contributed by atoms with E-state index in [-0.39, 0.29) is 5.78 Å². The highest BCUT2D eigenvalue weighted by molar-refractivity contribution is 6.01. The lowest BCUT2D eigenvalue weighted by atomic mass is 10.0. The number of Topliss-reactive ketones (excluding diaryl/α,β-unsaturated/α-hetero) is 1. The molecule has 0 radical (unpaired) electrons. The number of carbonyl (C=O) groups excluding carboxylic acids is 1. The monoisotopic (exact) mass is 496 g/mol. The van der Waals surface area contributed by atoms with Crippen LogP contribution in [0.15, 0.2) is 66.7 Å². The summed E-state index contributed by atoms with van der Waals surface area (Å²) >= 11 is 0. The van der Waals surface area contributed by atoms with Crippen LogP contribution in [0.2, 0.25) is 0 Å². The van der Waals surface area contributed by atoms with Gasteiger partial charge in [0.25, 0.3) is 0 Å². The van der Waals surface area contributed by atoms with Gasteiger partial charge < -0.3 is 14.8 Å². The molecule has 190 valence electrons. The van der Waals surface area contributed by atoms with Crippen molar-refractivity contribution in [1.29, 1.82) is 0 Å². The van der Waals surface area contributed by atoms with E-state index in [1.54, 1.807) is 21.1 Å². The zero-order chi connectivity index (χ0) is 25.8. The molecule has 0 spiro atoms. The molecule has 5 rings (SSSR count). The number of likely N-dealkylation sites (tertiary alicyclic amines) is 1. The number of aromatic nitrogens is 2. The summed E-state index contributed by atoms with van der Waals surface area (Å²) in [7, 11) is 3.34. The molecule has 7 nitrogen and oxygen atoms in total. The Kier molecular flexibility index (Phi) is 7.32. The quantitative estimate of drug-likeness (QED) is 0.319. The van der Waals surface area contributed by atoms with E-state index in [9.17, 15) is 4.79 Å². The summed E-state index contributed by atoms with van der Waals surface area (Å²) in [6.07, 6.45) is 2.03. The molecule has 4 aromatic rings. The van der Waals surface area contributed by atoms with Gasteiger partial charge in [-0.25, -0.2) is 0 Å². The summed E-state index contributed by atoms with van der Waals surface area (Å²) in [5, 5.41) is 14.9. The van der Waals surface area contributed by atoms with Gasteiger partial charge >= 0.3 is 0 Å². The lowest BCUT2D eigenvalue weighted by Gasteiger charge is -2.32. The Morgan fingerprint density at radius 1 is 0.892 bits per heavy atom. The van der Waals surface area contributed by atoms with E-state index in [4.69, 9.17) is 9.47 Å². The Morgan fingerprint density at radius 3 is 2.22 bits per heavy atom. The van der Waals surface area contributed by atoms with Gasteiger partial charge in [-0.3, -0.25) is 9.69 Å². The molecule has 0 aliphatic carbocycles. The first-order valence-electron chi connectivity index (χ1n) is 12.6. The Labute approximate surface area is 217 Å². The first kappa shape index (κ1) is 24.7. The Hall–Kier alpha value is -3.97. The molecule has 0 unspecified atom stereocenters. The molecule has 1 aromatic heterocycles. The normalized spacial score (nSPS) is 14.5. The molecule has 37 heavy (non-hydrogen) atoms. The number of rotatable bonds is 8. The summed E-state index contributed by atoms with van der Waals surface area (Å²) < 4.78 is 10.8. The zero-order valence-corrected chi connectivity index (χ0v) is 21.5. The molecular formula is C30H32N4O3. The molecule has 0 amide bonds. The van der Waals surface area contributed by atoms with Crippen LogP contribution in [-0.2, 0) is 6.54 Å². The average Bonchev–Trinajstić information content (AvgIpc) is 2.94. The molecular weight excluding hydrogens is 464 g/mol. The number of fused-ring (bicyclic) bond motifs is 1. The summed E-state index contributed by atoms with van der Waals surface area (Å²) in [5.74, 6) is 2.48. The van der Waals surface area contributed by atoms with E-state index in [1.807, 2.05) is 54.6 Å². The second kappa shape index (κ2) is 11.0. The van der Waals surface area contributed by atoms with Gasteiger partial charge in [0.05, 0.1) is 14.2 Å². The molecule has 1 N–H and O–H groups in total. The lowest BCUT2D eigenvalue weighted by molar-refractivity contribution is 0.101. The predicted octanol–water partition coefficient (Wildman–Crippen LogP) is 5.59. The van der Waals surface area contributed by atoms with Gasteiger partial charge in [-0.05, 0) is 67.8 Å². The van der Waals surface area contributed by atoms with Crippen LogP contribution in [0, 0.1) is 0 Å². The summed E-state index contributed by atoms with van der Waals surface area (Å²) in [4.78, 5) is 14.0. The van der Waals surface area contributed by atoms with Crippen molar-refractivity contribution >= 4 is 22.4 Å². The van der Waals surface area contributed by atoms with Crippen molar-refractivity contribution in [1.82, 2.24) is 15.1 Å². The Bertz CT molecular complexity index is 1380. The minimum absolute atomic E-state index is 0.101. The average molecular weight is 497 g/mol. The van der Waals surface area contributed by atoms with E-state index in [1.165, 1.54) is 5.56 Å². The predicted molar refractivity (Wildman–Crippen MR) is 146 cm³/mol. The molecule has 3 aromatic carbocycles. The highest BCUT2D eigenvalue weighted by atomic mass is 16.5. The number of methoxy groups -OCH3 is 2. The van der Waals surface area contributed by atoms with Crippen molar-refractivity contribution in [3.63, 3.8) is 0 Å². The summed E-state index contributed by atoms with van der Waals surface area (Å²) in [6, 6.07) is 22.2. The van der Waals surface area contributed by atoms with Crippen LogP contribution in [0.25, 0.3) is 22.0 Å². The van der Waals surface area contributed by atoms with Crippen LogP contribution in [0.5, 0.6) is 11.5 Å². The summed E-state index contributed by atoms with van der Waals surface area (Å²) in [6.45, 7) is 4.47. The molecule has 1 aliphatic heterocycles. The van der Waals surface area contributed by atoms with Crippen molar-refractivity contribution in [3.8, 4) is 22.8 Å². The standard InChI is InChI=1S/C30H32N4O3/c1-20(35)22-6-4-21(5-7-22)19-34-16-14-24(15-17-34)31-30-28-18-26(37-3)12-13-27(28)29(32-33-30)23-8-10-25(36-2)11-9-23/h4-13,18,24H,14-17,19H2,1-3H3,(H,31,33). The van der Waals surface area contributed by atoms with Crippen LogP contribution in [0.1, 0.15) is 35.7 Å². The van der Waals surface area contributed by atoms with Crippen LogP contribution in [0.4, 0.5) is 5.82 Å². The number of piperidine rings is 1. The largest absolute Gasteiger partial charge is 0.497 e. The second-order valence-electron chi connectivity index (χ2n) is 9.49. The maximum absolute atomic E-state index is 11.5. The van der Waals surface area contributed by atoms with E-state index in [2.05, 4.69) is 32.5 Å². The lowest BCUT2D eigenvalue weighted by Crippen LogP contribution is -2.38. The minimum atomic E-state index is 0.101.